The van der Waals surface area contributed by atoms with Crippen molar-refractivity contribution in [3.05, 3.63) is 35.6 Å². The first-order chi connectivity index (χ1) is 6.26. The van der Waals surface area contributed by atoms with E-state index in [1.54, 1.807) is 6.07 Å². The van der Waals surface area contributed by atoms with Crippen LogP contribution in [-0.4, -0.2) is 6.54 Å². The van der Waals surface area contributed by atoms with Gasteiger partial charge in [-0.3, -0.25) is 0 Å². The molecule has 2 rings (SSSR count). The van der Waals surface area contributed by atoms with Gasteiger partial charge in [-0.25, -0.2) is 4.39 Å². The second kappa shape index (κ2) is 4.28. The van der Waals surface area contributed by atoms with E-state index in [4.69, 9.17) is 5.73 Å². The summed E-state index contributed by atoms with van der Waals surface area (Å²) in [7, 11) is 0. The van der Waals surface area contributed by atoms with Gasteiger partial charge in [-0.2, -0.15) is 0 Å². The lowest BCUT2D eigenvalue weighted by Gasteiger charge is -2.12. The predicted octanol–water partition coefficient (Wildman–Crippen LogP) is 2.53. The van der Waals surface area contributed by atoms with Crippen molar-refractivity contribution >= 4 is 12.4 Å². The van der Waals surface area contributed by atoms with Gasteiger partial charge in [0, 0.05) is 0 Å². The SMILES string of the molecule is Cl.NCC1(Cc2ccccc2F)CC1. The Morgan fingerprint density at radius 2 is 1.93 bits per heavy atom. The Kier molecular flexibility index (Phi) is 3.51. The molecule has 1 fully saturated rings. The molecule has 2 N–H and O–H groups in total. The van der Waals surface area contributed by atoms with E-state index in [9.17, 15) is 4.39 Å². The topological polar surface area (TPSA) is 26.0 Å². The first-order valence-electron chi connectivity index (χ1n) is 4.69. The summed E-state index contributed by atoms with van der Waals surface area (Å²) >= 11 is 0. The summed E-state index contributed by atoms with van der Waals surface area (Å²) in [6, 6.07) is 6.97. The fourth-order valence-corrected chi connectivity index (χ4v) is 1.68. The molecule has 1 nitrogen and oxygen atoms in total. The number of nitrogens with two attached hydrogens (primary N) is 1. The monoisotopic (exact) mass is 215 g/mol. The van der Waals surface area contributed by atoms with Crippen molar-refractivity contribution in [1.29, 1.82) is 0 Å². The highest BCUT2D eigenvalue weighted by molar-refractivity contribution is 5.85. The Morgan fingerprint density at radius 3 is 2.43 bits per heavy atom. The normalized spacial score (nSPS) is 17.3. The van der Waals surface area contributed by atoms with Gasteiger partial charge in [0.2, 0.25) is 0 Å². The molecule has 1 saturated carbocycles. The Balaban J connectivity index is 0.000000980. The van der Waals surface area contributed by atoms with Crippen LogP contribution in [0.25, 0.3) is 0 Å². The highest BCUT2D eigenvalue weighted by atomic mass is 35.5. The lowest BCUT2D eigenvalue weighted by atomic mass is 9.96. The average molecular weight is 216 g/mol. The molecule has 0 aliphatic heterocycles. The largest absolute Gasteiger partial charge is 0.330 e. The van der Waals surface area contributed by atoms with E-state index in [1.807, 2.05) is 12.1 Å². The highest BCUT2D eigenvalue weighted by Crippen LogP contribution is 2.47. The van der Waals surface area contributed by atoms with E-state index in [0.717, 1.165) is 24.8 Å². The van der Waals surface area contributed by atoms with Gasteiger partial charge in [0.1, 0.15) is 5.82 Å². The lowest BCUT2D eigenvalue weighted by Crippen LogP contribution is -2.18. The Labute approximate surface area is 89.9 Å². The molecule has 0 amide bonds. The van der Waals surface area contributed by atoms with Gasteiger partial charge in [0.05, 0.1) is 0 Å². The first-order valence-corrected chi connectivity index (χ1v) is 4.69. The minimum absolute atomic E-state index is 0. The summed E-state index contributed by atoms with van der Waals surface area (Å²) in [5, 5.41) is 0. The van der Waals surface area contributed by atoms with E-state index in [0.29, 0.717) is 6.54 Å². The van der Waals surface area contributed by atoms with Crippen molar-refractivity contribution in [1.82, 2.24) is 0 Å². The fraction of sp³-hybridized carbons (Fsp3) is 0.455. The molecule has 1 aromatic rings. The molecule has 1 aromatic carbocycles. The molecule has 0 saturated heterocycles. The van der Waals surface area contributed by atoms with E-state index in [-0.39, 0.29) is 23.6 Å². The molecule has 1 aliphatic carbocycles. The van der Waals surface area contributed by atoms with Crippen molar-refractivity contribution in [3.8, 4) is 0 Å². The van der Waals surface area contributed by atoms with Crippen LogP contribution in [0.5, 0.6) is 0 Å². The third-order valence-electron chi connectivity index (χ3n) is 2.91. The zero-order valence-electron chi connectivity index (χ0n) is 8.00. The number of hydrogen-bond acceptors (Lipinski definition) is 1. The third kappa shape index (κ3) is 2.25. The maximum atomic E-state index is 13.2. The van der Waals surface area contributed by atoms with Crippen LogP contribution in [0.4, 0.5) is 4.39 Å². The van der Waals surface area contributed by atoms with Crippen LogP contribution in [0.15, 0.2) is 24.3 Å². The van der Waals surface area contributed by atoms with Gasteiger partial charge >= 0.3 is 0 Å². The maximum Gasteiger partial charge on any atom is 0.126 e. The van der Waals surface area contributed by atoms with Crippen LogP contribution < -0.4 is 5.73 Å². The van der Waals surface area contributed by atoms with Gasteiger partial charge in [-0.05, 0) is 42.9 Å². The van der Waals surface area contributed by atoms with Crippen molar-refractivity contribution in [2.24, 2.45) is 11.1 Å². The number of benzene rings is 1. The van der Waals surface area contributed by atoms with E-state index in [2.05, 4.69) is 0 Å². The lowest BCUT2D eigenvalue weighted by molar-refractivity contribution is 0.500. The molecule has 0 heterocycles. The summed E-state index contributed by atoms with van der Waals surface area (Å²) in [4.78, 5) is 0. The number of rotatable bonds is 3. The number of halogens is 2. The van der Waals surface area contributed by atoms with Crippen molar-refractivity contribution in [2.75, 3.05) is 6.54 Å². The molecular formula is C11H15ClFN. The molecule has 0 spiro atoms. The van der Waals surface area contributed by atoms with Crippen molar-refractivity contribution in [2.45, 2.75) is 19.3 Å². The molecule has 0 bridgehead atoms. The van der Waals surface area contributed by atoms with Crippen LogP contribution in [0.2, 0.25) is 0 Å². The molecule has 0 aromatic heterocycles. The summed E-state index contributed by atoms with van der Waals surface area (Å²) < 4.78 is 13.2. The first kappa shape index (κ1) is 11.5. The van der Waals surface area contributed by atoms with Crippen molar-refractivity contribution < 1.29 is 4.39 Å². The zero-order valence-corrected chi connectivity index (χ0v) is 8.82. The van der Waals surface area contributed by atoms with Crippen LogP contribution in [0.1, 0.15) is 18.4 Å². The smallest absolute Gasteiger partial charge is 0.126 e. The molecule has 78 valence electrons. The maximum absolute atomic E-state index is 13.2. The van der Waals surface area contributed by atoms with Gasteiger partial charge < -0.3 is 5.73 Å². The van der Waals surface area contributed by atoms with Crippen LogP contribution in [0.3, 0.4) is 0 Å². The number of hydrogen-bond donors (Lipinski definition) is 1. The molecular weight excluding hydrogens is 201 g/mol. The van der Waals surface area contributed by atoms with Crippen molar-refractivity contribution in [3.63, 3.8) is 0 Å². The van der Waals surface area contributed by atoms with Crippen LogP contribution >= 0.6 is 12.4 Å². The second-order valence-electron chi connectivity index (χ2n) is 3.97. The summed E-state index contributed by atoms with van der Waals surface area (Å²) in [5.41, 5.74) is 6.68. The Morgan fingerprint density at radius 1 is 1.29 bits per heavy atom. The average Bonchev–Trinajstić information content (AvgIpc) is 2.90. The quantitative estimate of drug-likeness (QED) is 0.824. The minimum Gasteiger partial charge on any atom is -0.330 e. The molecule has 1 aliphatic rings. The minimum atomic E-state index is -0.0952. The highest BCUT2D eigenvalue weighted by Gasteiger charge is 2.41. The van der Waals surface area contributed by atoms with E-state index < -0.39 is 0 Å². The predicted molar refractivity (Wildman–Crippen MR) is 58.1 cm³/mol. The van der Waals surface area contributed by atoms with Gasteiger partial charge in [0.15, 0.2) is 0 Å². The Bertz CT molecular complexity index is 310. The molecule has 0 radical (unpaired) electrons. The zero-order chi connectivity index (χ0) is 9.31. The standard InChI is InChI=1S/C11H14FN.ClH/c12-10-4-2-1-3-9(10)7-11(8-13)5-6-11;/h1-4H,5-8,13H2;1H. The second-order valence-corrected chi connectivity index (χ2v) is 3.97. The van der Waals surface area contributed by atoms with Crippen LogP contribution in [0, 0.1) is 11.2 Å². The molecule has 14 heavy (non-hydrogen) atoms. The van der Waals surface area contributed by atoms with E-state index >= 15 is 0 Å². The summed E-state index contributed by atoms with van der Waals surface area (Å²) in [6.45, 7) is 0.682. The molecule has 3 heteroatoms. The molecule has 0 unspecified atom stereocenters. The van der Waals surface area contributed by atoms with Crippen LogP contribution in [-0.2, 0) is 6.42 Å². The third-order valence-corrected chi connectivity index (χ3v) is 2.91. The van der Waals surface area contributed by atoms with Gasteiger partial charge in [-0.15, -0.1) is 12.4 Å². The Hall–Kier alpha value is -0.600. The summed E-state index contributed by atoms with van der Waals surface area (Å²) in [5.74, 6) is -0.0952. The fourth-order valence-electron chi connectivity index (χ4n) is 1.68. The molecule has 0 atom stereocenters. The van der Waals surface area contributed by atoms with E-state index in [1.165, 1.54) is 6.07 Å². The van der Waals surface area contributed by atoms with Gasteiger partial charge in [-0.1, -0.05) is 18.2 Å². The summed E-state index contributed by atoms with van der Waals surface area (Å²) in [6.07, 6.45) is 3.10. The van der Waals surface area contributed by atoms with Gasteiger partial charge in [0.25, 0.3) is 0 Å².